The highest BCUT2D eigenvalue weighted by Crippen LogP contribution is 2.25. The number of aromatic nitrogens is 1. The first-order valence-corrected chi connectivity index (χ1v) is 10.3. The molecule has 2 aromatic heterocycles. The minimum absolute atomic E-state index is 0.188. The largest absolute Gasteiger partial charge is 0.459 e. The maximum atomic E-state index is 12.7. The van der Waals surface area contributed by atoms with E-state index in [2.05, 4.69) is 15.6 Å². The number of thiazole rings is 1. The summed E-state index contributed by atoms with van der Waals surface area (Å²) < 4.78 is 6.11. The molecular formula is C18H19N3O3S2. The van der Waals surface area contributed by atoms with Gasteiger partial charge in [-0.15, -0.1) is 11.3 Å². The molecule has 2 N–H and O–H groups in total. The van der Waals surface area contributed by atoms with E-state index in [9.17, 15) is 9.59 Å². The molecule has 6 nitrogen and oxygen atoms in total. The summed E-state index contributed by atoms with van der Waals surface area (Å²) in [6, 6.07) is 8.17. The predicted octanol–water partition coefficient (Wildman–Crippen LogP) is 3.69. The van der Waals surface area contributed by atoms with Crippen LogP contribution in [0.4, 0.5) is 5.69 Å². The van der Waals surface area contributed by atoms with Crippen molar-refractivity contribution in [3.63, 3.8) is 0 Å². The number of benzene rings is 1. The Morgan fingerprint density at radius 3 is 2.92 bits per heavy atom. The van der Waals surface area contributed by atoms with Gasteiger partial charge in [0.2, 0.25) is 5.91 Å². The van der Waals surface area contributed by atoms with Gasteiger partial charge in [-0.1, -0.05) is 0 Å². The van der Waals surface area contributed by atoms with Crippen molar-refractivity contribution in [2.24, 2.45) is 0 Å². The van der Waals surface area contributed by atoms with Crippen molar-refractivity contribution in [2.75, 3.05) is 17.3 Å². The molecule has 0 aliphatic carbocycles. The molecule has 1 unspecified atom stereocenters. The third-order valence-electron chi connectivity index (χ3n) is 3.74. The van der Waals surface area contributed by atoms with Crippen LogP contribution >= 0.6 is 23.1 Å². The summed E-state index contributed by atoms with van der Waals surface area (Å²) in [6.45, 7) is 1.95. The van der Waals surface area contributed by atoms with Gasteiger partial charge in [0, 0.05) is 5.69 Å². The first kappa shape index (κ1) is 18.5. The van der Waals surface area contributed by atoms with Crippen molar-refractivity contribution < 1.29 is 14.0 Å². The zero-order valence-corrected chi connectivity index (χ0v) is 16.1. The Hall–Kier alpha value is -2.32. The van der Waals surface area contributed by atoms with Gasteiger partial charge >= 0.3 is 0 Å². The fourth-order valence-electron chi connectivity index (χ4n) is 2.49. The molecule has 0 aliphatic rings. The van der Waals surface area contributed by atoms with E-state index in [0.717, 1.165) is 21.0 Å². The average Bonchev–Trinajstić information content (AvgIpc) is 3.26. The number of nitrogens with zero attached hydrogens (tertiary/aromatic N) is 1. The zero-order chi connectivity index (χ0) is 18.5. The van der Waals surface area contributed by atoms with Crippen LogP contribution < -0.4 is 10.6 Å². The number of carbonyl (C=O) groups excluding carboxylic acids is 2. The van der Waals surface area contributed by atoms with E-state index in [0.29, 0.717) is 12.1 Å². The molecular weight excluding hydrogens is 370 g/mol. The van der Waals surface area contributed by atoms with E-state index >= 15 is 0 Å². The van der Waals surface area contributed by atoms with E-state index in [1.54, 1.807) is 35.2 Å². The number of amides is 2. The monoisotopic (exact) mass is 389 g/mol. The fourth-order valence-corrected chi connectivity index (χ4v) is 3.83. The van der Waals surface area contributed by atoms with Crippen molar-refractivity contribution in [3.05, 3.63) is 47.4 Å². The smallest absolute Gasteiger partial charge is 0.287 e. The first-order valence-electron chi connectivity index (χ1n) is 8.08. The van der Waals surface area contributed by atoms with Crippen LogP contribution in [-0.4, -0.2) is 34.8 Å². The Kier molecular flexibility index (Phi) is 5.95. The minimum Gasteiger partial charge on any atom is -0.459 e. The van der Waals surface area contributed by atoms with E-state index in [1.807, 2.05) is 31.4 Å². The van der Waals surface area contributed by atoms with Crippen LogP contribution in [0.1, 0.15) is 22.0 Å². The van der Waals surface area contributed by atoms with Gasteiger partial charge in [-0.2, -0.15) is 11.8 Å². The van der Waals surface area contributed by atoms with Crippen molar-refractivity contribution in [2.45, 2.75) is 19.4 Å². The maximum Gasteiger partial charge on any atom is 0.287 e. The minimum atomic E-state index is -0.640. The SMILES string of the molecule is CSCCC(NC(=O)c1ccco1)C(=O)Nc1ccc2nc(C)sc2c1. The molecule has 3 rings (SSSR count). The zero-order valence-electron chi connectivity index (χ0n) is 14.4. The molecule has 2 amide bonds. The van der Waals surface area contributed by atoms with Gasteiger partial charge < -0.3 is 15.1 Å². The Morgan fingerprint density at radius 2 is 2.19 bits per heavy atom. The summed E-state index contributed by atoms with van der Waals surface area (Å²) >= 11 is 3.20. The second-order valence-corrected chi connectivity index (χ2v) is 7.91. The van der Waals surface area contributed by atoms with Gasteiger partial charge in [-0.05, 0) is 55.7 Å². The van der Waals surface area contributed by atoms with Gasteiger partial charge in [0.15, 0.2) is 5.76 Å². The molecule has 3 aromatic rings. The van der Waals surface area contributed by atoms with Gasteiger partial charge in [-0.3, -0.25) is 9.59 Å². The second kappa shape index (κ2) is 8.37. The maximum absolute atomic E-state index is 12.7. The Labute approximate surface area is 159 Å². The van der Waals surface area contributed by atoms with Gasteiger partial charge in [0.1, 0.15) is 6.04 Å². The number of nitrogens with one attached hydrogen (secondary N) is 2. The number of aryl methyl sites for hydroxylation is 1. The number of fused-ring (bicyclic) bond motifs is 1. The van der Waals surface area contributed by atoms with Crippen molar-refractivity contribution in [1.29, 1.82) is 0 Å². The van der Waals surface area contributed by atoms with Crippen LogP contribution in [0.5, 0.6) is 0 Å². The lowest BCUT2D eigenvalue weighted by atomic mass is 10.2. The molecule has 0 bridgehead atoms. The van der Waals surface area contributed by atoms with E-state index in [1.165, 1.54) is 6.26 Å². The average molecular weight is 390 g/mol. The topological polar surface area (TPSA) is 84.2 Å². The Balaban J connectivity index is 1.71. The van der Waals surface area contributed by atoms with E-state index in [-0.39, 0.29) is 11.7 Å². The number of hydrogen-bond acceptors (Lipinski definition) is 6. The summed E-state index contributed by atoms with van der Waals surface area (Å²) in [5, 5.41) is 6.61. The van der Waals surface area contributed by atoms with Crippen LogP contribution in [0.3, 0.4) is 0 Å². The first-order chi connectivity index (χ1) is 12.6. The highest BCUT2D eigenvalue weighted by molar-refractivity contribution is 7.98. The number of carbonyl (C=O) groups is 2. The van der Waals surface area contributed by atoms with Crippen molar-refractivity contribution in [3.8, 4) is 0 Å². The number of hydrogen-bond donors (Lipinski definition) is 2. The summed E-state index contributed by atoms with van der Waals surface area (Å²) in [6.07, 6.45) is 3.92. The Bertz CT molecular complexity index is 906. The standard InChI is InChI=1S/C18H19N3O3S2/c1-11-19-13-6-5-12(10-16(13)26-11)20-17(22)14(7-9-25-2)21-18(23)15-4-3-8-24-15/h3-6,8,10,14H,7,9H2,1-2H3,(H,20,22)(H,21,23). The second-order valence-electron chi connectivity index (χ2n) is 5.69. The lowest BCUT2D eigenvalue weighted by Crippen LogP contribution is -2.44. The molecule has 0 fully saturated rings. The molecule has 0 aliphatic heterocycles. The molecule has 0 spiro atoms. The van der Waals surface area contributed by atoms with Gasteiger partial charge in [0.05, 0.1) is 21.5 Å². The molecule has 1 atom stereocenters. The van der Waals surface area contributed by atoms with Crippen LogP contribution in [0, 0.1) is 6.92 Å². The molecule has 136 valence electrons. The molecule has 0 saturated carbocycles. The van der Waals surface area contributed by atoms with Crippen molar-refractivity contribution >= 4 is 50.8 Å². The summed E-state index contributed by atoms with van der Waals surface area (Å²) in [5.41, 5.74) is 1.60. The van der Waals surface area contributed by atoms with Crippen LogP contribution in [0.15, 0.2) is 41.0 Å². The normalized spacial score (nSPS) is 12.1. The third-order valence-corrected chi connectivity index (χ3v) is 5.32. The molecule has 1 aromatic carbocycles. The molecule has 26 heavy (non-hydrogen) atoms. The molecule has 8 heteroatoms. The molecule has 2 heterocycles. The number of anilines is 1. The Morgan fingerprint density at radius 1 is 1.35 bits per heavy atom. The number of thioether (sulfide) groups is 1. The van der Waals surface area contributed by atoms with Gasteiger partial charge in [-0.25, -0.2) is 4.98 Å². The quantitative estimate of drug-likeness (QED) is 0.644. The lowest BCUT2D eigenvalue weighted by molar-refractivity contribution is -0.118. The third kappa shape index (κ3) is 4.44. The summed E-state index contributed by atoms with van der Waals surface area (Å²) in [7, 11) is 0. The lowest BCUT2D eigenvalue weighted by Gasteiger charge is -2.17. The highest BCUT2D eigenvalue weighted by atomic mass is 32.2. The van der Waals surface area contributed by atoms with Crippen LogP contribution in [0.2, 0.25) is 0 Å². The summed E-state index contributed by atoms with van der Waals surface area (Å²) in [5.74, 6) is 0.293. The number of furan rings is 1. The number of rotatable bonds is 7. The molecule has 0 radical (unpaired) electrons. The molecule has 0 saturated heterocycles. The fraction of sp³-hybridized carbons (Fsp3) is 0.278. The van der Waals surface area contributed by atoms with E-state index < -0.39 is 11.9 Å². The van der Waals surface area contributed by atoms with Crippen LogP contribution in [-0.2, 0) is 4.79 Å². The van der Waals surface area contributed by atoms with Gasteiger partial charge in [0.25, 0.3) is 5.91 Å². The van der Waals surface area contributed by atoms with Crippen molar-refractivity contribution in [1.82, 2.24) is 10.3 Å². The highest BCUT2D eigenvalue weighted by Gasteiger charge is 2.22. The van der Waals surface area contributed by atoms with Crippen LogP contribution in [0.25, 0.3) is 10.2 Å². The van der Waals surface area contributed by atoms with E-state index in [4.69, 9.17) is 4.42 Å². The summed E-state index contributed by atoms with van der Waals surface area (Å²) in [4.78, 5) is 29.3. The predicted molar refractivity (Wildman–Crippen MR) is 106 cm³/mol.